The summed E-state index contributed by atoms with van der Waals surface area (Å²) >= 11 is 0. The monoisotopic (exact) mass is 496 g/mol. The van der Waals surface area contributed by atoms with Crippen LogP contribution in [-0.2, 0) is 13.1 Å². The van der Waals surface area contributed by atoms with Gasteiger partial charge < -0.3 is 35.0 Å². The predicted octanol–water partition coefficient (Wildman–Crippen LogP) is -2.57. The van der Waals surface area contributed by atoms with Crippen LogP contribution in [0.4, 0.5) is 0 Å². The van der Waals surface area contributed by atoms with Gasteiger partial charge in [0.25, 0.3) is 0 Å². The third kappa shape index (κ3) is 6.63. The van der Waals surface area contributed by atoms with Crippen LogP contribution in [0.3, 0.4) is 0 Å². The van der Waals surface area contributed by atoms with Gasteiger partial charge in [0, 0.05) is 35.4 Å². The average molecular weight is 497 g/mol. The van der Waals surface area contributed by atoms with Crippen molar-refractivity contribution >= 4 is 11.9 Å². The van der Waals surface area contributed by atoms with Crippen molar-refractivity contribution in [1.29, 1.82) is 0 Å². The van der Waals surface area contributed by atoms with E-state index < -0.39 is 11.9 Å². The maximum absolute atomic E-state index is 11.0. The van der Waals surface area contributed by atoms with Crippen molar-refractivity contribution in [3.63, 3.8) is 0 Å². The topological polar surface area (TPSA) is 82.4 Å². The second-order valence-electron chi connectivity index (χ2n) is 7.52. The standard InChI is InChI=1S/C26H20N2O4.2ClH/c29-25(30)23-5-1-19(2-6-23)17-27-13-9-21(10-14-27)22-11-15-28(16-12-22)18-20-3-7-24(8-4-20)26(31)32;;/h1-16H,17-18H2;2*1H. The number of aromatic carboxylic acids is 2. The lowest BCUT2D eigenvalue weighted by atomic mass is 10.1. The van der Waals surface area contributed by atoms with Crippen LogP contribution < -0.4 is 33.9 Å². The average Bonchev–Trinajstić information content (AvgIpc) is 2.81. The smallest absolute Gasteiger partial charge is 0.335 e. The van der Waals surface area contributed by atoms with E-state index in [2.05, 4.69) is 24.3 Å². The first-order valence-electron chi connectivity index (χ1n) is 10.1. The van der Waals surface area contributed by atoms with Crippen LogP contribution in [0.1, 0.15) is 31.8 Å². The second-order valence-corrected chi connectivity index (χ2v) is 7.52. The lowest BCUT2D eigenvalue weighted by Crippen LogP contribution is -3.00. The lowest BCUT2D eigenvalue weighted by molar-refractivity contribution is -0.688. The molecule has 0 saturated carbocycles. The Bertz CT molecular complexity index is 1140. The van der Waals surface area contributed by atoms with Gasteiger partial charge >= 0.3 is 11.9 Å². The molecule has 2 aromatic carbocycles. The van der Waals surface area contributed by atoms with E-state index in [-0.39, 0.29) is 35.9 Å². The van der Waals surface area contributed by atoms with Gasteiger partial charge in [-0.25, -0.2) is 18.7 Å². The number of aromatic nitrogens is 2. The number of hydrogen-bond donors (Lipinski definition) is 2. The lowest BCUT2D eigenvalue weighted by Gasteiger charge is -2.03. The SMILES string of the molecule is O=C(O)c1ccc(C[n+]2ccc(-c3cc[n+](Cc4ccc(C(=O)O)cc4)cc3)cc2)cc1.[Cl-].[Cl-]. The number of rotatable bonds is 7. The fourth-order valence-electron chi connectivity index (χ4n) is 3.44. The number of hydrogen-bond acceptors (Lipinski definition) is 2. The number of carboxylic acids is 2. The minimum absolute atomic E-state index is 0. The molecular weight excluding hydrogens is 475 g/mol. The van der Waals surface area contributed by atoms with Crippen LogP contribution in [0.25, 0.3) is 11.1 Å². The number of nitrogens with zero attached hydrogens (tertiary/aromatic N) is 2. The Hall–Kier alpha value is -3.74. The van der Waals surface area contributed by atoms with Crippen LogP contribution in [0.2, 0.25) is 0 Å². The van der Waals surface area contributed by atoms with Gasteiger partial charge in [0.1, 0.15) is 0 Å². The van der Waals surface area contributed by atoms with E-state index >= 15 is 0 Å². The van der Waals surface area contributed by atoms with E-state index in [0.29, 0.717) is 13.1 Å². The molecule has 0 radical (unpaired) electrons. The minimum Gasteiger partial charge on any atom is -1.00 e. The zero-order chi connectivity index (χ0) is 22.5. The Labute approximate surface area is 209 Å². The van der Waals surface area contributed by atoms with Crippen LogP contribution in [0.5, 0.6) is 0 Å². The molecule has 4 aromatic rings. The molecule has 0 saturated heterocycles. The van der Waals surface area contributed by atoms with E-state index in [1.165, 1.54) is 0 Å². The Morgan fingerprint density at radius 1 is 0.529 bits per heavy atom. The Morgan fingerprint density at radius 2 is 0.824 bits per heavy atom. The summed E-state index contributed by atoms with van der Waals surface area (Å²) in [5.74, 6) is -1.84. The highest BCUT2D eigenvalue weighted by Crippen LogP contribution is 2.16. The van der Waals surface area contributed by atoms with Gasteiger partial charge in [-0.2, -0.15) is 0 Å². The largest absolute Gasteiger partial charge is 1.00 e. The predicted molar refractivity (Wildman–Crippen MR) is 117 cm³/mol. The second kappa shape index (κ2) is 11.9. The molecule has 0 bridgehead atoms. The molecule has 0 unspecified atom stereocenters. The van der Waals surface area contributed by atoms with Crippen molar-refractivity contribution in [3.05, 3.63) is 120 Å². The number of carboxylic acid groups (broad SMARTS) is 2. The zero-order valence-electron chi connectivity index (χ0n) is 18.0. The molecule has 6 nitrogen and oxygen atoms in total. The van der Waals surface area contributed by atoms with Crippen molar-refractivity contribution in [2.45, 2.75) is 13.1 Å². The Kier molecular flexibility index (Phi) is 9.30. The number of pyridine rings is 2. The molecule has 0 aliphatic rings. The highest BCUT2D eigenvalue weighted by molar-refractivity contribution is 5.87. The van der Waals surface area contributed by atoms with E-state index in [0.717, 1.165) is 22.3 Å². The van der Waals surface area contributed by atoms with E-state index in [9.17, 15) is 9.59 Å². The molecule has 2 aromatic heterocycles. The molecule has 0 amide bonds. The maximum atomic E-state index is 11.0. The van der Waals surface area contributed by atoms with Crippen LogP contribution in [0, 0.1) is 0 Å². The molecule has 0 atom stereocenters. The van der Waals surface area contributed by atoms with Crippen molar-refractivity contribution in [1.82, 2.24) is 0 Å². The van der Waals surface area contributed by atoms with Gasteiger partial charge in [0.05, 0.1) is 11.1 Å². The maximum Gasteiger partial charge on any atom is 0.335 e. The number of halogens is 2. The Morgan fingerprint density at radius 3 is 1.09 bits per heavy atom. The van der Waals surface area contributed by atoms with Gasteiger partial charge in [-0.3, -0.25) is 0 Å². The molecule has 0 fully saturated rings. The molecule has 34 heavy (non-hydrogen) atoms. The summed E-state index contributed by atoms with van der Waals surface area (Å²) in [5.41, 5.74) is 4.83. The molecule has 174 valence electrons. The zero-order valence-corrected chi connectivity index (χ0v) is 19.5. The van der Waals surface area contributed by atoms with Gasteiger partial charge in [-0.1, -0.05) is 24.3 Å². The van der Waals surface area contributed by atoms with Crippen LogP contribution in [-0.4, -0.2) is 22.2 Å². The molecule has 0 aliphatic carbocycles. The van der Waals surface area contributed by atoms with Crippen molar-refractivity contribution in [2.75, 3.05) is 0 Å². The summed E-state index contributed by atoms with van der Waals surface area (Å²) in [7, 11) is 0. The molecule has 4 rings (SSSR count). The molecule has 0 spiro atoms. The van der Waals surface area contributed by atoms with Crippen molar-refractivity contribution in [3.8, 4) is 11.1 Å². The van der Waals surface area contributed by atoms with E-state index in [1.54, 1.807) is 24.3 Å². The number of benzene rings is 2. The fourth-order valence-corrected chi connectivity index (χ4v) is 3.44. The first-order chi connectivity index (χ1) is 15.5. The first-order valence-corrected chi connectivity index (χ1v) is 10.1. The third-order valence-corrected chi connectivity index (χ3v) is 5.25. The van der Waals surface area contributed by atoms with Gasteiger partial charge in [-0.15, -0.1) is 0 Å². The van der Waals surface area contributed by atoms with Gasteiger partial charge in [-0.05, 0) is 35.4 Å². The van der Waals surface area contributed by atoms with Crippen LogP contribution in [0.15, 0.2) is 97.6 Å². The highest BCUT2D eigenvalue weighted by atomic mass is 35.5. The van der Waals surface area contributed by atoms with E-state index in [1.807, 2.05) is 58.2 Å². The molecular formula is C26H22Cl2N2O4. The quantitative estimate of drug-likeness (QED) is 0.275. The normalized spacial score (nSPS) is 10.0. The third-order valence-electron chi connectivity index (χ3n) is 5.25. The minimum atomic E-state index is -0.922. The molecule has 2 N–H and O–H groups in total. The van der Waals surface area contributed by atoms with Crippen molar-refractivity contribution in [2.24, 2.45) is 0 Å². The molecule has 8 heteroatoms. The Balaban J connectivity index is 0.00000204. The summed E-state index contributed by atoms with van der Waals surface area (Å²) in [6, 6.07) is 22.0. The molecule has 2 heterocycles. The summed E-state index contributed by atoms with van der Waals surface area (Å²) in [5, 5.41) is 18.0. The summed E-state index contributed by atoms with van der Waals surface area (Å²) < 4.78 is 4.09. The number of carbonyl (C=O) groups is 2. The van der Waals surface area contributed by atoms with Crippen LogP contribution >= 0.6 is 0 Å². The molecule has 0 aliphatic heterocycles. The first kappa shape index (κ1) is 26.5. The summed E-state index contributed by atoms with van der Waals surface area (Å²) in [6.07, 6.45) is 8.02. The summed E-state index contributed by atoms with van der Waals surface area (Å²) in [6.45, 7) is 1.32. The fraction of sp³-hybridized carbons (Fsp3) is 0.0769. The summed E-state index contributed by atoms with van der Waals surface area (Å²) in [4.78, 5) is 21.9. The highest BCUT2D eigenvalue weighted by Gasteiger charge is 2.09. The van der Waals surface area contributed by atoms with E-state index in [4.69, 9.17) is 10.2 Å². The van der Waals surface area contributed by atoms with Crippen molar-refractivity contribution < 1.29 is 53.8 Å². The van der Waals surface area contributed by atoms with Gasteiger partial charge in [0.2, 0.25) is 0 Å². The van der Waals surface area contributed by atoms with Gasteiger partial charge in [0.15, 0.2) is 37.9 Å².